The third-order valence-corrected chi connectivity index (χ3v) is 3.29. The monoisotopic (exact) mass is 274 g/mol. The summed E-state index contributed by atoms with van der Waals surface area (Å²) < 4.78 is 12.5. The van der Waals surface area contributed by atoms with Gasteiger partial charge in [-0.25, -0.2) is 9.37 Å². The number of alkyl halides is 1. The molecular formula is C10H12BrFN2O. The van der Waals surface area contributed by atoms with Crippen LogP contribution in [0.3, 0.4) is 0 Å². The minimum Gasteiger partial charge on any atom is -0.310 e. The molecule has 0 aliphatic rings. The minimum atomic E-state index is -0.424. The molecule has 15 heavy (non-hydrogen) atoms. The molecule has 1 atom stereocenters. The largest absolute Gasteiger partial charge is 0.310 e. The third-order valence-electron chi connectivity index (χ3n) is 1.81. The van der Waals surface area contributed by atoms with Crippen molar-refractivity contribution in [3.05, 3.63) is 24.1 Å². The van der Waals surface area contributed by atoms with E-state index in [0.717, 1.165) is 6.20 Å². The number of amides is 1. The van der Waals surface area contributed by atoms with Crippen molar-refractivity contribution in [3.8, 4) is 0 Å². The average Bonchev–Trinajstić information content (AvgIpc) is 2.20. The molecule has 0 aliphatic heterocycles. The highest BCUT2D eigenvalue weighted by Crippen LogP contribution is 2.14. The predicted octanol–water partition coefficient (Wildman–Crippen LogP) is 2.58. The van der Waals surface area contributed by atoms with Crippen LogP contribution in [0.25, 0.3) is 0 Å². The number of pyridine rings is 1. The van der Waals surface area contributed by atoms with Crippen LogP contribution in [-0.4, -0.2) is 15.7 Å². The standard InChI is InChI=1S/C10H12BrFN2O/c1-6(2)9(11)10(15)14-8-4-3-7(12)5-13-8/h3-6,9H,1-2H3,(H,13,14,15). The highest BCUT2D eigenvalue weighted by molar-refractivity contribution is 9.10. The van der Waals surface area contributed by atoms with Gasteiger partial charge in [-0.2, -0.15) is 0 Å². The van der Waals surface area contributed by atoms with E-state index in [9.17, 15) is 9.18 Å². The second-order valence-electron chi connectivity index (χ2n) is 3.50. The minimum absolute atomic E-state index is 0.177. The van der Waals surface area contributed by atoms with Gasteiger partial charge in [0.2, 0.25) is 5.91 Å². The van der Waals surface area contributed by atoms with Crippen LogP contribution in [0, 0.1) is 11.7 Å². The van der Waals surface area contributed by atoms with E-state index in [-0.39, 0.29) is 16.7 Å². The van der Waals surface area contributed by atoms with Crippen molar-refractivity contribution in [1.82, 2.24) is 4.98 Å². The quantitative estimate of drug-likeness (QED) is 0.861. The molecule has 1 amide bonds. The van der Waals surface area contributed by atoms with Crippen molar-refractivity contribution in [2.75, 3.05) is 5.32 Å². The van der Waals surface area contributed by atoms with Gasteiger partial charge in [0.1, 0.15) is 11.6 Å². The van der Waals surface area contributed by atoms with Gasteiger partial charge in [-0.1, -0.05) is 29.8 Å². The summed E-state index contributed by atoms with van der Waals surface area (Å²) in [4.78, 5) is 15.0. The van der Waals surface area contributed by atoms with Crippen LogP contribution in [0.5, 0.6) is 0 Å². The van der Waals surface area contributed by atoms with Crippen LogP contribution in [0.15, 0.2) is 18.3 Å². The van der Waals surface area contributed by atoms with Crippen molar-refractivity contribution in [2.45, 2.75) is 18.7 Å². The lowest BCUT2D eigenvalue weighted by molar-refractivity contribution is -0.116. The van der Waals surface area contributed by atoms with E-state index in [2.05, 4.69) is 26.2 Å². The molecule has 0 spiro atoms. The van der Waals surface area contributed by atoms with Gasteiger partial charge in [-0.3, -0.25) is 4.79 Å². The van der Waals surface area contributed by atoms with E-state index in [1.165, 1.54) is 12.1 Å². The Morgan fingerprint density at radius 1 is 1.53 bits per heavy atom. The Bertz CT molecular complexity index is 340. The van der Waals surface area contributed by atoms with Crippen molar-refractivity contribution in [3.63, 3.8) is 0 Å². The lowest BCUT2D eigenvalue weighted by Crippen LogP contribution is -2.27. The highest BCUT2D eigenvalue weighted by Gasteiger charge is 2.18. The molecule has 1 aromatic heterocycles. The molecule has 0 aromatic carbocycles. The Morgan fingerprint density at radius 2 is 2.20 bits per heavy atom. The Kier molecular flexibility index (Phi) is 4.20. The number of carbonyl (C=O) groups excluding carboxylic acids is 1. The van der Waals surface area contributed by atoms with Gasteiger partial charge in [0.15, 0.2) is 0 Å². The summed E-state index contributed by atoms with van der Waals surface area (Å²) in [6.45, 7) is 3.86. The van der Waals surface area contributed by atoms with E-state index in [1.807, 2.05) is 13.8 Å². The summed E-state index contributed by atoms with van der Waals surface area (Å²) in [6, 6.07) is 2.68. The average molecular weight is 275 g/mol. The lowest BCUT2D eigenvalue weighted by Gasteiger charge is -2.12. The van der Waals surface area contributed by atoms with Crippen LogP contribution in [-0.2, 0) is 4.79 Å². The molecule has 0 bridgehead atoms. The number of carbonyl (C=O) groups is 1. The zero-order chi connectivity index (χ0) is 11.4. The van der Waals surface area contributed by atoms with Crippen molar-refractivity contribution >= 4 is 27.7 Å². The van der Waals surface area contributed by atoms with Gasteiger partial charge < -0.3 is 5.32 Å². The Balaban J connectivity index is 2.62. The van der Waals surface area contributed by atoms with Crippen LogP contribution >= 0.6 is 15.9 Å². The van der Waals surface area contributed by atoms with Crippen molar-refractivity contribution in [2.24, 2.45) is 5.92 Å². The van der Waals surface area contributed by atoms with Gasteiger partial charge in [-0.05, 0) is 18.1 Å². The second kappa shape index (κ2) is 5.21. The zero-order valence-corrected chi connectivity index (χ0v) is 10.1. The van der Waals surface area contributed by atoms with E-state index < -0.39 is 5.82 Å². The number of anilines is 1. The smallest absolute Gasteiger partial charge is 0.239 e. The van der Waals surface area contributed by atoms with Gasteiger partial charge in [0.05, 0.1) is 11.0 Å². The first-order valence-electron chi connectivity index (χ1n) is 4.57. The van der Waals surface area contributed by atoms with Crippen LogP contribution in [0.1, 0.15) is 13.8 Å². The lowest BCUT2D eigenvalue weighted by atomic mass is 10.1. The summed E-state index contributed by atoms with van der Waals surface area (Å²) in [6.07, 6.45) is 1.06. The Labute approximate surface area is 96.2 Å². The number of hydrogen-bond acceptors (Lipinski definition) is 2. The zero-order valence-electron chi connectivity index (χ0n) is 8.50. The maximum atomic E-state index is 12.5. The number of aromatic nitrogens is 1. The Morgan fingerprint density at radius 3 is 2.67 bits per heavy atom. The number of rotatable bonds is 3. The topological polar surface area (TPSA) is 42.0 Å². The summed E-state index contributed by atoms with van der Waals surface area (Å²) in [5.74, 6) is -0.0618. The molecule has 1 heterocycles. The first-order chi connectivity index (χ1) is 7.00. The van der Waals surface area contributed by atoms with Gasteiger partial charge >= 0.3 is 0 Å². The number of hydrogen-bond donors (Lipinski definition) is 1. The van der Waals surface area contributed by atoms with E-state index in [4.69, 9.17) is 0 Å². The normalized spacial score (nSPS) is 12.6. The fourth-order valence-electron chi connectivity index (χ4n) is 0.948. The molecule has 82 valence electrons. The van der Waals surface area contributed by atoms with Crippen LogP contribution < -0.4 is 5.32 Å². The molecular weight excluding hydrogens is 263 g/mol. The number of nitrogens with one attached hydrogen (secondary N) is 1. The molecule has 3 nitrogen and oxygen atoms in total. The fourth-order valence-corrected chi connectivity index (χ4v) is 1.06. The molecule has 0 saturated carbocycles. The maximum Gasteiger partial charge on any atom is 0.239 e. The van der Waals surface area contributed by atoms with Crippen LogP contribution in [0.4, 0.5) is 10.2 Å². The first-order valence-corrected chi connectivity index (χ1v) is 5.48. The second-order valence-corrected chi connectivity index (χ2v) is 4.48. The number of nitrogens with zero attached hydrogens (tertiary/aromatic N) is 1. The molecule has 5 heteroatoms. The van der Waals surface area contributed by atoms with E-state index >= 15 is 0 Å². The maximum absolute atomic E-state index is 12.5. The molecule has 0 saturated heterocycles. The van der Waals surface area contributed by atoms with Crippen LogP contribution in [0.2, 0.25) is 0 Å². The van der Waals surface area contributed by atoms with Gasteiger partial charge in [0.25, 0.3) is 0 Å². The molecule has 1 rings (SSSR count). The SMILES string of the molecule is CC(C)C(Br)C(=O)Nc1ccc(F)cn1. The molecule has 1 N–H and O–H groups in total. The molecule has 0 aliphatic carbocycles. The fraction of sp³-hybridized carbons (Fsp3) is 0.400. The van der Waals surface area contributed by atoms with Crippen molar-refractivity contribution in [1.29, 1.82) is 0 Å². The third kappa shape index (κ3) is 3.58. The molecule has 1 aromatic rings. The first kappa shape index (κ1) is 12.1. The number of halogens is 2. The van der Waals surface area contributed by atoms with Gasteiger partial charge in [0, 0.05) is 0 Å². The summed E-state index contributed by atoms with van der Waals surface area (Å²) >= 11 is 3.27. The van der Waals surface area contributed by atoms with Gasteiger partial charge in [-0.15, -0.1) is 0 Å². The van der Waals surface area contributed by atoms with E-state index in [1.54, 1.807) is 0 Å². The summed E-state index contributed by atoms with van der Waals surface area (Å²) in [5, 5.41) is 2.59. The molecule has 0 radical (unpaired) electrons. The van der Waals surface area contributed by atoms with E-state index in [0.29, 0.717) is 5.82 Å². The Hall–Kier alpha value is -0.970. The van der Waals surface area contributed by atoms with Crippen molar-refractivity contribution < 1.29 is 9.18 Å². The molecule has 1 unspecified atom stereocenters. The summed E-state index contributed by atoms with van der Waals surface area (Å²) in [7, 11) is 0. The highest BCUT2D eigenvalue weighted by atomic mass is 79.9. The molecule has 0 fully saturated rings. The summed E-state index contributed by atoms with van der Waals surface area (Å²) in [5.41, 5.74) is 0. The predicted molar refractivity (Wildman–Crippen MR) is 60.4 cm³/mol.